The van der Waals surface area contributed by atoms with Crippen LogP contribution in [0.5, 0.6) is 0 Å². The standard InChI is InChI=1S/C22H38N4O2S.HI/c1-4-23-22(24-11-8-18-16-29-21(25-18)17(2)3)26-12-9-19(10-13-26)28-15-20-7-5-6-14-27-20;/h16-17,19-20H,4-15H2,1-3H3,(H,23,24);1H. The van der Waals surface area contributed by atoms with Gasteiger partial charge in [0.1, 0.15) is 0 Å². The first-order valence-corrected chi connectivity index (χ1v) is 12.2. The lowest BCUT2D eigenvalue weighted by Crippen LogP contribution is -2.47. The minimum Gasteiger partial charge on any atom is -0.376 e. The lowest BCUT2D eigenvalue weighted by molar-refractivity contribution is -0.0721. The van der Waals surface area contributed by atoms with E-state index in [0.717, 1.165) is 76.7 Å². The van der Waals surface area contributed by atoms with Crippen LogP contribution in [-0.4, -0.2) is 67.4 Å². The van der Waals surface area contributed by atoms with Gasteiger partial charge < -0.3 is 19.7 Å². The Morgan fingerprint density at radius 1 is 1.33 bits per heavy atom. The maximum absolute atomic E-state index is 6.15. The van der Waals surface area contributed by atoms with Crippen LogP contribution in [0.3, 0.4) is 0 Å². The van der Waals surface area contributed by atoms with Crippen LogP contribution in [0.15, 0.2) is 10.4 Å². The minimum atomic E-state index is 0. The summed E-state index contributed by atoms with van der Waals surface area (Å²) in [6.07, 6.45) is 7.29. The zero-order valence-corrected chi connectivity index (χ0v) is 21.9. The lowest BCUT2D eigenvalue weighted by Gasteiger charge is -2.35. The van der Waals surface area contributed by atoms with E-state index in [4.69, 9.17) is 19.5 Å². The van der Waals surface area contributed by atoms with Gasteiger partial charge in [0.25, 0.3) is 0 Å². The number of guanidine groups is 1. The van der Waals surface area contributed by atoms with Gasteiger partial charge in [-0.15, -0.1) is 35.3 Å². The number of piperidine rings is 1. The Bertz CT molecular complexity index is 626. The molecule has 1 N–H and O–H groups in total. The molecule has 1 unspecified atom stereocenters. The van der Waals surface area contributed by atoms with Gasteiger partial charge in [-0.1, -0.05) is 13.8 Å². The molecule has 2 saturated heterocycles. The highest BCUT2D eigenvalue weighted by atomic mass is 127. The first kappa shape index (κ1) is 25.8. The second-order valence-electron chi connectivity index (χ2n) is 8.33. The van der Waals surface area contributed by atoms with Gasteiger partial charge in [-0.2, -0.15) is 0 Å². The van der Waals surface area contributed by atoms with E-state index in [0.29, 0.717) is 18.1 Å². The molecule has 172 valence electrons. The van der Waals surface area contributed by atoms with Gasteiger partial charge in [0.05, 0.1) is 29.5 Å². The number of nitrogens with one attached hydrogen (secondary N) is 1. The van der Waals surface area contributed by atoms with Crippen LogP contribution in [-0.2, 0) is 15.9 Å². The molecule has 0 aliphatic carbocycles. The second kappa shape index (κ2) is 13.9. The molecule has 0 spiro atoms. The van der Waals surface area contributed by atoms with E-state index in [-0.39, 0.29) is 24.0 Å². The number of aromatic nitrogens is 1. The monoisotopic (exact) mass is 550 g/mol. The molecular formula is C22H39IN4O2S. The molecule has 0 radical (unpaired) electrons. The highest BCUT2D eigenvalue weighted by molar-refractivity contribution is 14.0. The summed E-state index contributed by atoms with van der Waals surface area (Å²) >= 11 is 1.76. The topological polar surface area (TPSA) is 59.0 Å². The fraction of sp³-hybridized carbons (Fsp3) is 0.818. The highest BCUT2D eigenvalue weighted by Gasteiger charge is 2.23. The summed E-state index contributed by atoms with van der Waals surface area (Å²) in [6, 6.07) is 0. The summed E-state index contributed by atoms with van der Waals surface area (Å²) in [7, 11) is 0. The number of thiazole rings is 1. The van der Waals surface area contributed by atoms with Crippen molar-refractivity contribution in [3.05, 3.63) is 16.1 Å². The molecule has 2 aliphatic rings. The van der Waals surface area contributed by atoms with Gasteiger partial charge in [0.15, 0.2) is 5.96 Å². The van der Waals surface area contributed by atoms with Crippen molar-refractivity contribution in [3.63, 3.8) is 0 Å². The van der Waals surface area contributed by atoms with Crippen LogP contribution in [0.2, 0.25) is 0 Å². The zero-order chi connectivity index (χ0) is 20.5. The maximum atomic E-state index is 6.15. The second-order valence-corrected chi connectivity index (χ2v) is 9.22. The Labute approximate surface area is 203 Å². The third kappa shape index (κ3) is 8.24. The van der Waals surface area contributed by atoms with E-state index < -0.39 is 0 Å². The molecule has 3 heterocycles. The van der Waals surface area contributed by atoms with Crippen LogP contribution >= 0.6 is 35.3 Å². The van der Waals surface area contributed by atoms with E-state index in [9.17, 15) is 0 Å². The molecule has 0 saturated carbocycles. The van der Waals surface area contributed by atoms with E-state index >= 15 is 0 Å². The number of ether oxygens (including phenoxy) is 2. The van der Waals surface area contributed by atoms with E-state index in [2.05, 4.69) is 36.4 Å². The summed E-state index contributed by atoms with van der Waals surface area (Å²) in [6.45, 7) is 11.8. The van der Waals surface area contributed by atoms with Crippen molar-refractivity contribution < 1.29 is 9.47 Å². The van der Waals surface area contributed by atoms with Crippen molar-refractivity contribution in [2.45, 2.75) is 77.4 Å². The molecule has 30 heavy (non-hydrogen) atoms. The van der Waals surface area contributed by atoms with Gasteiger partial charge in [0.2, 0.25) is 0 Å². The third-order valence-corrected chi connectivity index (χ3v) is 6.76. The molecule has 2 aliphatic heterocycles. The number of hydrogen-bond acceptors (Lipinski definition) is 5. The number of rotatable bonds is 8. The van der Waals surface area contributed by atoms with Gasteiger partial charge >= 0.3 is 0 Å². The van der Waals surface area contributed by atoms with Crippen molar-refractivity contribution in [3.8, 4) is 0 Å². The highest BCUT2D eigenvalue weighted by Crippen LogP contribution is 2.20. The van der Waals surface area contributed by atoms with Gasteiger partial charge in [0, 0.05) is 50.5 Å². The van der Waals surface area contributed by atoms with Gasteiger partial charge in [-0.3, -0.25) is 4.99 Å². The van der Waals surface area contributed by atoms with Crippen LogP contribution in [0.1, 0.15) is 69.5 Å². The Morgan fingerprint density at radius 2 is 2.13 bits per heavy atom. The molecular weight excluding hydrogens is 511 g/mol. The number of aliphatic imine (C=N–C) groups is 1. The summed E-state index contributed by atoms with van der Waals surface area (Å²) < 4.78 is 11.9. The van der Waals surface area contributed by atoms with E-state index in [1.54, 1.807) is 11.3 Å². The Kier molecular flexibility index (Phi) is 11.9. The van der Waals surface area contributed by atoms with Crippen LogP contribution < -0.4 is 5.32 Å². The fourth-order valence-electron chi connectivity index (χ4n) is 3.82. The normalized spacial score (nSPS) is 21.0. The quantitative estimate of drug-likeness (QED) is 0.295. The molecule has 0 aromatic carbocycles. The first-order chi connectivity index (χ1) is 14.2. The van der Waals surface area contributed by atoms with Crippen molar-refractivity contribution >= 4 is 41.3 Å². The predicted octanol–water partition coefficient (Wildman–Crippen LogP) is 4.44. The van der Waals surface area contributed by atoms with Crippen molar-refractivity contribution in [2.75, 3.05) is 39.4 Å². The van der Waals surface area contributed by atoms with E-state index in [1.807, 2.05) is 0 Å². The smallest absolute Gasteiger partial charge is 0.193 e. The molecule has 0 bridgehead atoms. The van der Waals surface area contributed by atoms with Crippen molar-refractivity contribution in [1.82, 2.24) is 15.2 Å². The first-order valence-electron chi connectivity index (χ1n) is 11.4. The molecule has 1 aromatic heterocycles. The Morgan fingerprint density at radius 3 is 2.77 bits per heavy atom. The largest absolute Gasteiger partial charge is 0.376 e. The number of nitrogens with zero attached hydrogens (tertiary/aromatic N) is 3. The number of likely N-dealkylation sites (tertiary alicyclic amines) is 1. The number of hydrogen-bond donors (Lipinski definition) is 1. The molecule has 2 fully saturated rings. The summed E-state index contributed by atoms with van der Waals surface area (Å²) in [5.74, 6) is 1.53. The lowest BCUT2D eigenvalue weighted by atomic mass is 10.1. The minimum absolute atomic E-state index is 0. The molecule has 6 nitrogen and oxygen atoms in total. The SMILES string of the molecule is CCNC(=NCCc1csc(C(C)C)n1)N1CCC(OCC2CCCCO2)CC1.I. The predicted molar refractivity (Wildman–Crippen MR) is 135 cm³/mol. The number of halogens is 1. The third-order valence-electron chi connectivity index (χ3n) is 5.56. The summed E-state index contributed by atoms with van der Waals surface area (Å²) in [5.41, 5.74) is 1.16. The average molecular weight is 551 g/mol. The van der Waals surface area contributed by atoms with Crippen molar-refractivity contribution in [1.29, 1.82) is 0 Å². The average Bonchev–Trinajstić information content (AvgIpc) is 3.22. The maximum Gasteiger partial charge on any atom is 0.193 e. The fourth-order valence-corrected chi connectivity index (χ4v) is 4.69. The van der Waals surface area contributed by atoms with Gasteiger partial charge in [-0.05, 0) is 39.0 Å². The summed E-state index contributed by atoms with van der Waals surface area (Å²) in [4.78, 5) is 12.0. The summed E-state index contributed by atoms with van der Waals surface area (Å²) in [5, 5.41) is 6.85. The van der Waals surface area contributed by atoms with Gasteiger partial charge in [-0.25, -0.2) is 4.98 Å². The van der Waals surface area contributed by atoms with Crippen molar-refractivity contribution in [2.24, 2.45) is 4.99 Å². The molecule has 0 amide bonds. The zero-order valence-electron chi connectivity index (χ0n) is 18.8. The molecule has 8 heteroatoms. The van der Waals surface area contributed by atoms with Crippen LogP contribution in [0.25, 0.3) is 0 Å². The van der Waals surface area contributed by atoms with Crippen LogP contribution in [0.4, 0.5) is 0 Å². The van der Waals surface area contributed by atoms with E-state index in [1.165, 1.54) is 17.8 Å². The molecule has 1 atom stereocenters. The Balaban J connectivity index is 0.00000320. The molecule has 1 aromatic rings. The Hall–Kier alpha value is -0.450. The molecule has 3 rings (SSSR count). The van der Waals surface area contributed by atoms with Crippen LogP contribution in [0, 0.1) is 0 Å².